The third-order valence-electron chi connectivity index (χ3n) is 7.16. The molecule has 3 heterocycles. The molecule has 2 aliphatic heterocycles. The maximum Gasteiger partial charge on any atom is 0.231 e. The molecule has 31 heavy (non-hydrogen) atoms. The van der Waals surface area contributed by atoms with Gasteiger partial charge in [0.2, 0.25) is 11.8 Å². The van der Waals surface area contributed by atoms with Crippen molar-refractivity contribution in [2.24, 2.45) is 0 Å². The van der Waals surface area contributed by atoms with Gasteiger partial charge >= 0.3 is 0 Å². The van der Waals surface area contributed by atoms with Crippen LogP contribution >= 0.6 is 0 Å². The molecule has 1 saturated carbocycles. The van der Waals surface area contributed by atoms with Crippen LogP contribution in [-0.4, -0.2) is 60.1 Å². The molecule has 1 spiro atoms. The van der Waals surface area contributed by atoms with Gasteiger partial charge in [0.15, 0.2) is 15.7 Å². The molecule has 0 radical (unpaired) electrons. The van der Waals surface area contributed by atoms with E-state index in [1.54, 1.807) is 12.0 Å². The molecule has 1 aromatic carbocycles. The molecule has 0 bridgehead atoms. The summed E-state index contributed by atoms with van der Waals surface area (Å²) in [5, 5.41) is 4.17. The Labute approximate surface area is 181 Å². The Balaban J connectivity index is 1.31. The predicted octanol–water partition coefficient (Wildman–Crippen LogP) is 2.46. The average molecular weight is 446 g/mol. The highest BCUT2D eigenvalue weighted by Crippen LogP contribution is 2.50. The van der Waals surface area contributed by atoms with Crippen LogP contribution in [0.15, 0.2) is 28.8 Å². The first-order valence-electron chi connectivity index (χ1n) is 10.9. The number of amides is 1. The van der Waals surface area contributed by atoms with E-state index in [9.17, 15) is 13.2 Å². The maximum absolute atomic E-state index is 13.0. The third kappa shape index (κ3) is 3.43. The molecule has 8 nitrogen and oxygen atoms in total. The molecule has 1 amide bonds. The van der Waals surface area contributed by atoms with Crippen molar-refractivity contribution in [1.82, 2.24) is 15.0 Å². The summed E-state index contributed by atoms with van der Waals surface area (Å²) in [5.41, 5.74) is 0.842. The SMILES string of the molecule is COc1cccc(CC(=O)N2CC3(C2)C(c2nc(C4CCCC4)no2)CCS3(=O)=O)c1. The zero-order valence-corrected chi connectivity index (χ0v) is 18.4. The quantitative estimate of drug-likeness (QED) is 0.696. The topological polar surface area (TPSA) is 103 Å². The zero-order valence-electron chi connectivity index (χ0n) is 17.6. The lowest BCUT2D eigenvalue weighted by molar-refractivity contribution is -0.136. The number of sulfone groups is 1. The standard InChI is InChI=1S/C22H27N3O5S/c1-29-17-8-4-5-15(11-17)12-19(26)25-13-22(14-25)18(9-10-31(22,27)28)21-23-20(24-30-21)16-6-2-3-7-16/h4-5,8,11,16,18H,2-3,6-7,9-10,12-14H2,1H3. The molecule has 5 rings (SSSR count). The molecule has 166 valence electrons. The zero-order chi connectivity index (χ0) is 21.6. The lowest BCUT2D eigenvalue weighted by atomic mass is 9.82. The van der Waals surface area contributed by atoms with Crippen LogP contribution in [0.3, 0.4) is 0 Å². The summed E-state index contributed by atoms with van der Waals surface area (Å²) in [6.45, 7) is 0.369. The van der Waals surface area contributed by atoms with Crippen LogP contribution in [0.4, 0.5) is 0 Å². The number of hydrogen-bond acceptors (Lipinski definition) is 7. The lowest BCUT2D eigenvalue weighted by Crippen LogP contribution is -2.67. The monoisotopic (exact) mass is 445 g/mol. The van der Waals surface area contributed by atoms with Gasteiger partial charge in [-0.05, 0) is 37.0 Å². The summed E-state index contributed by atoms with van der Waals surface area (Å²) in [6, 6.07) is 7.36. The largest absolute Gasteiger partial charge is 0.497 e. The van der Waals surface area contributed by atoms with Gasteiger partial charge in [-0.1, -0.05) is 30.1 Å². The van der Waals surface area contributed by atoms with Gasteiger partial charge in [-0.15, -0.1) is 0 Å². The van der Waals surface area contributed by atoms with Crippen molar-refractivity contribution in [1.29, 1.82) is 0 Å². The second-order valence-electron chi connectivity index (χ2n) is 8.98. The van der Waals surface area contributed by atoms with Crippen LogP contribution in [0.2, 0.25) is 0 Å². The van der Waals surface area contributed by atoms with Crippen molar-refractivity contribution in [3.8, 4) is 5.75 Å². The van der Waals surface area contributed by atoms with Crippen molar-refractivity contribution in [2.45, 2.75) is 55.1 Å². The van der Waals surface area contributed by atoms with Gasteiger partial charge in [0.25, 0.3) is 0 Å². The van der Waals surface area contributed by atoms with Crippen molar-refractivity contribution in [2.75, 3.05) is 26.0 Å². The van der Waals surface area contributed by atoms with E-state index in [-0.39, 0.29) is 37.1 Å². The van der Waals surface area contributed by atoms with Gasteiger partial charge in [0, 0.05) is 19.0 Å². The van der Waals surface area contributed by atoms with E-state index in [1.807, 2.05) is 24.3 Å². The van der Waals surface area contributed by atoms with E-state index >= 15 is 0 Å². The second kappa shape index (κ2) is 7.62. The predicted molar refractivity (Wildman–Crippen MR) is 113 cm³/mol. The number of nitrogens with zero attached hydrogens (tertiary/aromatic N) is 3. The Morgan fingerprint density at radius 2 is 2.03 bits per heavy atom. The summed E-state index contributed by atoms with van der Waals surface area (Å²) < 4.78 is 35.7. The summed E-state index contributed by atoms with van der Waals surface area (Å²) in [6.07, 6.45) is 5.12. The number of likely N-dealkylation sites (tertiary alicyclic amines) is 1. The van der Waals surface area contributed by atoms with Crippen molar-refractivity contribution in [3.05, 3.63) is 41.5 Å². The smallest absolute Gasteiger partial charge is 0.231 e. The van der Waals surface area contributed by atoms with E-state index in [0.29, 0.717) is 29.8 Å². The van der Waals surface area contributed by atoms with E-state index < -0.39 is 14.6 Å². The summed E-state index contributed by atoms with van der Waals surface area (Å²) in [4.78, 5) is 19.0. The summed E-state index contributed by atoms with van der Waals surface area (Å²) in [5.74, 6) is 1.79. The van der Waals surface area contributed by atoms with Gasteiger partial charge in [-0.3, -0.25) is 4.79 Å². The van der Waals surface area contributed by atoms with E-state index in [1.165, 1.54) is 12.8 Å². The summed E-state index contributed by atoms with van der Waals surface area (Å²) >= 11 is 0. The minimum absolute atomic E-state index is 0.0862. The fourth-order valence-electron chi connectivity index (χ4n) is 5.31. The molecule has 0 N–H and O–H groups in total. The highest BCUT2D eigenvalue weighted by Gasteiger charge is 2.64. The van der Waals surface area contributed by atoms with Gasteiger partial charge in [-0.2, -0.15) is 4.98 Å². The number of ether oxygens (including phenoxy) is 1. The number of carbonyl (C=O) groups excluding carboxylic acids is 1. The maximum atomic E-state index is 13.0. The fraction of sp³-hybridized carbons (Fsp3) is 0.591. The van der Waals surface area contributed by atoms with Crippen molar-refractivity contribution in [3.63, 3.8) is 0 Å². The Bertz CT molecular complexity index is 1080. The Morgan fingerprint density at radius 1 is 1.26 bits per heavy atom. The Kier molecular flexibility index (Phi) is 5.03. The summed E-state index contributed by atoms with van der Waals surface area (Å²) in [7, 11) is -1.76. The number of benzene rings is 1. The number of rotatable bonds is 5. The Hall–Kier alpha value is -2.42. The molecule has 1 unspecified atom stereocenters. The molecule has 1 atom stereocenters. The van der Waals surface area contributed by atoms with E-state index in [4.69, 9.17) is 9.26 Å². The van der Waals surface area contributed by atoms with E-state index in [0.717, 1.165) is 18.4 Å². The minimum Gasteiger partial charge on any atom is -0.497 e. The minimum atomic E-state index is -3.35. The van der Waals surface area contributed by atoms with Crippen molar-refractivity contribution < 1.29 is 22.5 Å². The first kappa shape index (κ1) is 20.5. The molecule has 2 saturated heterocycles. The van der Waals surface area contributed by atoms with Gasteiger partial charge in [0.1, 0.15) is 10.5 Å². The normalized spacial score (nSPS) is 24.4. The van der Waals surface area contributed by atoms with Crippen LogP contribution in [-0.2, 0) is 21.1 Å². The molecule has 1 aromatic heterocycles. The molecular weight excluding hydrogens is 418 g/mol. The van der Waals surface area contributed by atoms with Crippen LogP contribution in [0, 0.1) is 0 Å². The number of carbonyl (C=O) groups is 1. The lowest BCUT2D eigenvalue weighted by Gasteiger charge is -2.49. The average Bonchev–Trinajstić information content (AvgIpc) is 3.45. The highest BCUT2D eigenvalue weighted by molar-refractivity contribution is 7.93. The van der Waals surface area contributed by atoms with Crippen LogP contribution in [0.1, 0.15) is 61.2 Å². The van der Waals surface area contributed by atoms with E-state index in [2.05, 4.69) is 10.1 Å². The molecule has 2 aromatic rings. The molecule has 1 aliphatic carbocycles. The number of aromatic nitrogens is 2. The third-order valence-corrected chi connectivity index (χ3v) is 9.72. The fourth-order valence-corrected chi connectivity index (χ4v) is 7.62. The first-order valence-corrected chi connectivity index (χ1v) is 12.5. The number of hydrogen-bond donors (Lipinski definition) is 0. The van der Waals surface area contributed by atoms with Crippen molar-refractivity contribution >= 4 is 15.7 Å². The molecule has 9 heteroatoms. The van der Waals surface area contributed by atoms with Crippen LogP contribution < -0.4 is 4.74 Å². The molecule has 3 fully saturated rings. The van der Waals surface area contributed by atoms with Crippen LogP contribution in [0.25, 0.3) is 0 Å². The number of methoxy groups -OCH3 is 1. The molecular formula is C22H27N3O5S. The van der Waals surface area contributed by atoms with Crippen LogP contribution in [0.5, 0.6) is 5.75 Å². The van der Waals surface area contributed by atoms with Gasteiger partial charge in [0.05, 0.1) is 25.2 Å². The Morgan fingerprint density at radius 3 is 2.77 bits per heavy atom. The first-order chi connectivity index (χ1) is 14.9. The highest BCUT2D eigenvalue weighted by atomic mass is 32.2. The van der Waals surface area contributed by atoms with Gasteiger partial charge < -0.3 is 14.2 Å². The molecule has 3 aliphatic rings. The second-order valence-corrected chi connectivity index (χ2v) is 11.4. The van der Waals surface area contributed by atoms with Gasteiger partial charge in [-0.25, -0.2) is 8.42 Å².